The van der Waals surface area contributed by atoms with Crippen LogP contribution in [0.15, 0.2) is 56.6 Å². The Labute approximate surface area is 192 Å². The molecule has 2 aliphatic rings. The van der Waals surface area contributed by atoms with Gasteiger partial charge >= 0.3 is 5.76 Å². The molecular weight excluding hydrogens is 442 g/mol. The molecule has 5 rings (SSSR count). The predicted molar refractivity (Wildman–Crippen MR) is 124 cm³/mol. The van der Waals surface area contributed by atoms with E-state index in [0.717, 1.165) is 48.7 Å². The molecule has 0 unspecified atom stereocenters. The largest absolute Gasteiger partial charge is 0.420 e. The Kier molecular flexibility index (Phi) is 5.62. The van der Waals surface area contributed by atoms with E-state index in [1.54, 1.807) is 23.6 Å². The third-order valence-electron chi connectivity index (χ3n) is 6.77. The molecule has 9 heteroatoms. The summed E-state index contributed by atoms with van der Waals surface area (Å²) in [5.41, 5.74) is 2.46. The number of aromatic nitrogens is 1. The van der Waals surface area contributed by atoms with Gasteiger partial charge < -0.3 is 9.32 Å². The van der Waals surface area contributed by atoms with Crippen LogP contribution in [0.1, 0.15) is 47.6 Å². The maximum atomic E-state index is 12.8. The Morgan fingerprint density at radius 3 is 2.45 bits per heavy atom. The first-order chi connectivity index (χ1) is 15.9. The molecule has 2 aliphatic heterocycles. The Morgan fingerprint density at radius 2 is 1.70 bits per heavy atom. The molecule has 2 aromatic carbocycles. The molecule has 1 aromatic heterocycles. The molecule has 0 atom stereocenters. The number of hydrogen-bond acceptors (Lipinski definition) is 6. The second kappa shape index (κ2) is 8.46. The summed E-state index contributed by atoms with van der Waals surface area (Å²) in [5.74, 6) is -0.718. The van der Waals surface area contributed by atoms with Crippen LogP contribution >= 0.6 is 0 Å². The number of nitrogens with zero attached hydrogens (tertiary/aromatic N) is 3. The summed E-state index contributed by atoms with van der Waals surface area (Å²) in [5, 5.41) is 0. The number of carbonyl (C=O) groups is 1. The van der Waals surface area contributed by atoms with E-state index in [2.05, 4.69) is 4.90 Å². The molecule has 1 amide bonds. The smallest absolute Gasteiger partial charge is 0.408 e. The third kappa shape index (κ3) is 3.79. The molecule has 174 valence electrons. The number of hydrogen-bond donors (Lipinski definition) is 0. The Hall–Kier alpha value is -2.91. The lowest BCUT2D eigenvalue weighted by atomic mass is 10.0. The van der Waals surface area contributed by atoms with Crippen molar-refractivity contribution in [3.05, 3.63) is 64.1 Å². The highest BCUT2D eigenvalue weighted by atomic mass is 32.2. The van der Waals surface area contributed by atoms with E-state index in [4.69, 9.17) is 4.42 Å². The van der Waals surface area contributed by atoms with Crippen molar-refractivity contribution in [2.24, 2.45) is 0 Å². The zero-order chi connectivity index (χ0) is 23.2. The van der Waals surface area contributed by atoms with Crippen LogP contribution in [0, 0.1) is 6.92 Å². The van der Waals surface area contributed by atoms with E-state index in [-0.39, 0.29) is 23.2 Å². The van der Waals surface area contributed by atoms with Gasteiger partial charge in [0.25, 0.3) is 15.9 Å². The number of oxazole rings is 1. The summed E-state index contributed by atoms with van der Waals surface area (Å²) < 4.78 is 33.7. The van der Waals surface area contributed by atoms with E-state index in [0.29, 0.717) is 23.1 Å². The number of sulfonamides is 1. The van der Waals surface area contributed by atoms with E-state index >= 15 is 0 Å². The van der Waals surface area contributed by atoms with Gasteiger partial charge in [-0.1, -0.05) is 24.3 Å². The molecule has 8 nitrogen and oxygen atoms in total. The maximum absolute atomic E-state index is 12.8. The fraction of sp³-hybridized carbons (Fsp3) is 0.417. The van der Waals surface area contributed by atoms with Crippen LogP contribution in [0.5, 0.6) is 0 Å². The number of unbranched alkanes of at least 4 members (excludes halogenated alkanes) is 1. The van der Waals surface area contributed by atoms with Crippen molar-refractivity contribution in [2.75, 3.05) is 26.2 Å². The highest BCUT2D eigenvalue weighted by molar-refractivity contribution is 7.90. The fourth-order valence-corrected chi connectivity index (χ4v) is 6.70. The molecule has 0 bridgehead atoms. The molecule has 33 heavy (non-hydrogen) atoms. The number of likely N-dealkylation sites (tertiary alicyclic amines) is 1. The zero-order valence-electron chi connectivity index (χ0n) is 18.6. The summed E-state index contributed by atoms with van der Waals surface area (Å²) in [7, 11) is -3.75. The number of benzene rings is 2. The van der Waals surface area contributed by atoms with Gasteiger partial charge in [0, 0.05) is 25.7 Å². The van der Waals surface area contributed by atoms with Crippen LogP contribution in [-0.2, 0) is 10.0 Å². The van der Waals surface area contributed by atoms with E-state index < -0.39 is 15.9 Å². The molecule has 3 heterocycles. The summed E-state index contributed by atoms with van der Waals surface area (Å²) in [6.07, 6.45) is 3.13. The molecular formula is C24H27N3O5S. The van der Waals surface area contributed by atoms with Crippen molar-refractivity contribution in [2.45, 2.75) is 43.5 Å². The highest BCUT2D eigenvalue weighted by Crippen LogP contribution is 2.32. The first-order valence-electron chi connectivity index (χ1n) is 11.4. The standard InChI is InChI=1S/C24H27N3O5S/c1-17-7-6-10-21-22(17)23(28)26(33(21,30)31)14-5-4-13-25-15-11-18(12-16-25)27-19-8-2-3-9-20(19)32-24(27)29/h2-3,6-10,18H,4-5,11-16H2,1H3. The number of carbonyl (C=O) groups excluding carboxylic acids is 1. The highest BCUT2D eigenvalue weighted by Gasteiger charge is 2.41. The molecule has 1 fully saturated rings. The topological polar surface area (TPSA) is 92.8 Å². The summed E-state index contributed by atoms with van der Waals surface area (Å²) in [6.45, 7) is 4.52. The van der Waals surface area contributed by atoms with Gasteiger partial charge in [0.2, 0.25) is 0 Å². The molecule has 0 radical (unpaired) electrons. The van der Waals surface area contributed by atoms with Crippen LogP contribution in [0.2, 0.25) is 0 Å². The van der Waals surface area contributed by atoms with Gasteiger partial charge in [-0.05, 0) is 62.9 Å². The number of aryl methyl sites for hydroxylation is 1. The van der Waals surface area contributed by atoms with E-state index in [1.807, 2.05) is 24.3 Å². The number of piperidine rings is 1. The molecule has 1 saturated heterocycles. The average molecular weight is 470 g/mol. The number of amides is 1. The molecule has 0 N–H and O–H groups in total. The van der Waals surface area contributed by atoms with Crippen molar-refractivity contribution in [1.82, 2.24) is 13.8 Å². The van der Waals surface area contributed by atoms with Gasteiger partial charge in [0.1, 0.15) is 4.90 Å². The van der Waals surface area contributed by atoms with Crippen LogP contribution in [-0.4, -0.2) is 54.3 Å². The zero-order valence-corrected chi connectivity index (χ0v) is 19.4. The van der Waals surface area contributed by atoms with Gasteiger partial charge in [-0.2, -0.15) is 0 Å². The monoisotopic (exact) mass is 469 g/mol. The lowest BCUT2D eigenvalue weighted by Crippen LogP contribution is -2.37. The summed E-state index contributed by atoms with van der Waals surface area (Å²) >= 11 is 0. The normalized spacial score (nSPS) is 18.8. The van der Waals surface area contributed by atoms with Crippen LogP contribution in [0.3, 0.4) is 0 Å². The van der Waals surface area contributed by atoms with Gasteiger partial charge in [0.05, 0.1) is 11.1 Å². The quantitative estimate of drug-likeness (QED) is 0.515. The van der Waals surface area contributed by atoms with Crippen LogP contribution < -0.4 is 5.76 Å². The maximum Gasteiger partial charge on any atom is 0.420 e. The average Bonchev–Trinajstić information content (AvgIpc) is 3.23. The second-order valence-corrected chi connectivity index (χ2v) is 10.6. The van der Waals surface area contributed by atoms with Crippen LogP contribution in [0.4, 0.5) is 0 Å². The first-order valence-corrected chi connectivity index (χ1v) is 12.8. The minimum Gasteiger partial charge on any atom is -0.408 e. The second-order valence-electron chi connectivity index (χ2n) is 8.82. The van der Waals surface area contributed by atoms with Crippen molar-refractivity contribution in [3.8, 4) is 0 Å². The van der Waals surface area contributed by atoms with Crippen molar-refractivity contribution in [3.63, 3.8) is 0 Å². The van der Waals surface area contributed by atoms with Crippen molar-refractivity contribution in [1.29, 1.82) is 0 Å². The fourth-order valence-electron chi connectivity index (χ4n) is 5.03. The van der Waals surface area contributed by atoms with Crippen molar-refractivity contribution < 1.29 is 17.6 Å². The minimum absolute atomic E-state index is 0.117. The number of para-hydroxylation sites is 2. The number of fused-ring (bicyclic) bond motifs is 2. The Bertz CT molecular complexity index is 1370. The SMILES string of the molecule is Cc1cccc2c1C(=O)N(CCCCN1CCC(n3c(=O)oc4ccccc43)CC1)S2(=O)=O. The van der Waals surface area contributed by atoms with Gasteiger partial charge in [0.15, 0.2) is 5.58 Å². The lowest BCUT2D eigenvalue weighted by molar-refractivity contribution is 0.0867. The Morgan fingerprint density at radius 1 is 0.970 bits per heavy atom. The van der Waals surface area contributed by atoms with Crippen LogP contribution in [0.25, 0.3) is 11.1 Å². The minimum atomic E-state index is -3.75. The van der Waals surface area contributed by atoms with Gasteiger partial charge in [-0.3, -0.25) is 9.36 Å². The third-order valence-corrected chi connectivity index (χ3v) is 8.59. The predicted octanol–water partition coefficient (Wildman–Crippen LogP) is 3.16. The number of rotatable bonds is 6. The molecule has 0 saturated carbocycles. The van der Waals surface area contributed by atoms with E-state index in [1.165, 1.54) is 6.07 Å². The molecule has 0 spiro atoms. The first kappa shape index (κ1) is 21.9. The lowest BCUT2D eigenvalue weighted by Gasteiger charge is -2.32. The van der Waals surface area contributed by atoms with Gasteiger partial charge in [-0.15, -0.1) is 0 Å². The van der Waals surface area contributed by atoms with E-state index in [9.17, 15) is 18.0 Å². The summed E-state index contributed by atoms with van der Waals surface area (Å²) in [6, 6.07) is 12.6. The van der Waals surface area contributed by atoms with Gasteiger partial charge in [-0.25, -0.2) is 17.5 Å². The molecule has 3 aromatic rings. The summed E-state index contributed by atoms with van der Waals surface area (Å²) in [4.78, 5) is 27.5. The molecule has 0 aliphatic carbocycles. The Balaban J connectivity index is 1.14. The van der Waals surface area contributed by atoms with Crippen molar-refractivity contribution >= 4 is 27.0 Å².